The van der Waals surface area contributed by atoms with Crippen molar-refractivity contribution in [2.75, 3.05) is 5.32 Å². The van der Waals surface area contributed by atoms with Crippen LogP contribution in [0.4, 0.5) is 5.69 Å². The van der Waals surface area contributed by atoms with Crippen molar-refractivity contribution in [2.45, 2.75) is 13.5 Å². The zero-order valence-electron chi connectivity index (χ0n) is 17.2. The first-order valence-corrected chi connectivity index (χ1v) is 10.3. The van der Waals surface area contributed by atoms with E-state index in [0.29, 0.717) is 34.3 Å². The van der Waals surface area contributed by atoms with Crippen LogP contribution in [0.2, 0.25) is 5.02 Å². The van der Waals surface area contributed by atoms with E-state index in [4.69, 9.17) is 21.6 Å². The molecule has 0 saturated heterocycles. The number of hydrogen-bond donors (Lipinski definition) is 1. The van der Waals surface area contributed by atoms with Crippen LogP contribution in [-0.2, 0) is 6.61 Å². The number of halogens is 1. The molecule has 0 aliphatic carbocycles. The average Bonchev–Trinajstić information content (AvgIpc) is 3.30. The number of nitrogens with zero attached hydrogens (tertiary/aromatic N) is 3. The van der Waals surface area contributed by atoms with Gasteiger partial charge in [-0.2, -0.15) is 10.4 Å². The van der Waals surface area contributed by atoms with Gasteiger partial charge in [-0.25, -0.2) is 4.68 Å². The van der Waals surface area contributed by atoms with E-state index in [1.807, 2.05) is 43.3 Å². The predicted molar refractivity (Wildman–Crippen MR) is 123 cm³/mol. The highest BCUT2D eigenvalue weighted by atomic mass is 35.5. The highest BCUT2D eigenvalue weighted by molar-refractivity contribution is 6.32. The molecule has 1 N–H and O–H groups in total. The summed E-state index contributed by atoms with van der Waals surface area (Å²) < 4.78 is 7.40. The topological polar surface area (TPSA) is 79.9 Å². The minimum absolute atomic E-state index is 0.280. The third-order valence-electron chi connectivity index (χ3n) is 4.83. The Labute approximate surface area is 190 Å². The first-order valence-electron chi connectivity index (χ1n) is 9.88. The second-order valence-electron chi connectivity index (χ2n) is 7.13. The smallest absolute Gasteiger partial charge is 0.276 e. The zero-order valence-corrected chi connectivity index (χ0v) is 18.0. The second kappa shape index (κ2) is 9.38. The number of para-hydroxylation sites is 1. The predicted octanol–water partition coefficient (Wildman–Crippen LogP) is 5.54. The van der Waals surface area contributed by atoms with Crippen molar-refractivity contribution in [3.05, 3.63) is 106 Å². The summed E-state index contributed by atoms with van der Waals surface area (Å²) >= 11 is 6.21. The standard InChI is InChI=1S/C25H19ClN4O2/c1-17-13-20(32-16-19-6-4-5-18(14-19)15-27)9-10-22(17)28-25(31)23-11-12-30(29-23)24-8-3-2-7-21(24)26/h2-14H,16H2,1H3,(H,28,31). The van der Waals surface area contributed by atoms with Crippen LogP contribution in [0.3, 0.4) is 0 Å². The lowest BCUT2D eigenvalue weighted by Crippen LogP contribution is -2.14. The maximum Gasteiger partial charge on any atom is 0.276 e. The van der Waals surface area contributed by atoms with Gasteiger partial charge in [0.25, 0.3) is 5.91 Å². The lowest BCUT2D eigenvalue weighted by atomic mass is 10.1. The molecule has 0 atom stereocenters. The van der Waals surface area contributed by atoms with Gasteiger partial charge in [-0.15, -0.1) is 0 Å². The summed E-state index contributed by atoms with van der Waals surface area (Å²) in [4.78, 5) is 12.7. The normalized spacial score (nSPS) is 10.4. The summed E-state index contributed by atoms with van der Waals surface area (Å²) in [6.07, 6.45) is 1.70. The van der Waals surface area contributed by atoms with Crippen molar-refractivity contribution in [1.82, 2.24) is 9.78 Å². The van der Waals surface area contributed by atoms with Crippen molar-refractivity contribution < 1.29 is 9.53 Å². The second-order valence-corrected chi connectivity index (χ2v) is 7.54. The molecule has 0 aliphatic heterocycles. The van der Waals surface area contributed by atoms with E-state index in [2.05, 4.69) is 16.5 Å². The molecule has 0 aliphatic rings. The molecule has 4 rings (SSSR count). The van der Waals surface area contributed by atoms with E-state index in [1.54, 1.807) is 47.3 Å². The summed E-state index contributed by atoms with van der Waals surface area (Å²) in [5.41, 5.74) is 4.01. The number of aryl methyl sites for hydroxylation is 1. The van der Waals surface area contributed by atoms with Gasteiger partial charge in [0, 0.05) is 11.9 Å². The van der Waals surface area contributed by atoms with Crippen molar-refractivity contribution in [3.8, 4) is 17.5 Å². The largest absolute Gasteiger partial charge is 0.489 e. The highest BCUT2D eigenvalue weighted by Gasteiger charge is 2.13. The Hall–Kier alpha value is -4.08. The quantitative estimate of drug-likeness (QED) is 0.425. The van der Waals surface area contributed by atoms with Crippen LogP contribution in [0.1, 0.15) is 27.2 Å². The molecule has 7 heteroatoms. The molecule has 1 amide bonds. The van der Waals surface area contributed by atoms with Crippen molar-refractivity contribution >= 4 is 23.2 Å². The Morgan fingerprint density at radius 1 is 1.12 bits per heavy atom. The van der Waals surface area contributed by atoms with E-state index in [9.17, 15) is 4.79 Å². The third kappa shape index (κ3) is 4.80. The van der Waals surface area contributed by atoms with Crippen molar-refractivity contribution in [2.24, 2.45) is 0 Å². The van der Waals surface area contributed by atoms with Crippen LogP contribution < -0.4 is 10.1 Å². The first kappa shape index (κ1) is 21.2. The van der Waals surface area contributed by atoms with E-state index in [1.165, 1.54) is 0 Å². The number of amides is 1. The summed E-state index contributed by atoms with van der Waals surface area (Å²) in [6, 6.07) is 23.8. The van der Waals surface area contributed by atoms with E-state index >= 15 is 0 Å². The molecule has 0 bridgehead atoms. The zero-order chi connectivity index (χ0) is 22.5. The van der Waals surface area contributed by atoms with Gasteiger partial charge in [0.15, 0.2) is 5.69 Å². The molecule has 0 spiro atoms. The van der Waals surface area contributed by atoms with Crippen LogP contribution in [0.25, 0.3) is 5.69 Å². The lowest BCUT2D eigenvalue weighted by Gasteiger charge is -2.11. The number of benzene rings is 3. The number of aromatic nitrogens is 2. The highest BCUT2D eigenvalue weighted by Crippen LogP contribution is 2.23. The van der Waals surface area contributed by atoms with Gasteiger partial charge in [-0.05, 0) is 66.6 Å². The Balaban J connectivity index is 1.42. The van der Waals surface area contributed by atoms with Gasteiger partial charge in [-0.3, -0.25) is 4.79 Å². The number of nitrogens with one attached hydrogen (secondary N) is 1. The van der Waals surface area contributed by atoms with Gasteiger partial charge in [0.2, 0.25) is 0 Å². The number of carbonyl (C=O) groups excluding carboxylic acids is 1. The van der Waals surface area contributed by atoms with E-state index < -0.39 is 0 Å². The summed E-state index contributed by atoms with van der Waals surface area (Å²) in [6.45, 7) is 2.24. The minimum atomic E-state index is -0.319. The molecule has 3 aromatic carbocycles. The fourth-order valence-electron chi connectivity index (χ4n) is 3.17. The van der Waals surface area contributed by atoms with E-state index in [0.717, 1.165) is 11.1 Å². The van der Waals surface area contributed by atoms with Gasteiger partial charge >= 0.3 is 0 Å². The molecule has 0 saturated carbocycles. The molecular weight excluding hydrogens is 424 g/mol. The Kier molecular flexibility index (Phi) is 6.20. The average molecular weight is 443 g/mol. The molecule has 1 heterocycles. The third-order valence-corrected chi connectivity index (χ3v) is 5.15. The molecule has 0 unspecified atom stereocenters. The van der Waals surface area contributed by atoms with Crippen LogP contribution in [-0.4, -0.2) is 15.7 Å². The summed E-state index contributed by atoms with van der Waals surface area (Å²) in [5.74, 6) is 0.353. The summed E-state index contributed by atoms with van der Waals surface area (Å²) in [5, 5.41) is 16.8. The van der Waals surface area contributed by atoms with Crippen LogP contribution in [0.5, 0.6) is 5.75 Å². The van der Waals surface area contributed by atoms with Gasteiger partial charge in [-0.1, -0.05) is 35.9 Å². The van der Waals surface area contributed by atoms with Crippen molar-refractivity contribution in [3.63, 3.8) is 0 Å². The molecular formula is C25H19ClN4O2. The van der Waals surface area contributed by atoms with Gasteiger partial charge in [0.05, 0.1) is 22.3 Å². The lowest BCUT2D eigenvalue weighted by molar-refractivity contribution is 0.102. The first-order chi connectivity index (χ1) is 15.5. The van der Waals surface area contributed by atoms with Crippen LogP contribution >= 0.6 is 11.6 Å². The SMILES string of the molecule is Cc1cc(OCc2cccc(C#N)c2)ccc1NC(=O)c1ccn(-c2ccccc2Cl)n1. The van der Waals surface area contributed by atoms with Crippen LogP contribution in [0, 0.1) is 18.3 Å². The Morgan fingerprint density at radius 3 is 2.75 bits per heavy atom. The number of hydrogen-bond acceptors (Lipinski definition) is 4. The fourth-order valence-corrected chi connectivity index (χ4v) is 3.39. The maximum absolute atomic E-state index is 12.7. The number of nitriles is 1. The summed E-state index contributed by atoms with van der Waals surface area (Å²) in [7, 11) is 0. The maximum atomic E-state index is 12.7. The molecule has 6 nitrogen and oxygen atoms in total. The minimum Gasteiger partial charge on any atom is -0.489 e. The molecule has 1 aromatic heterocycles. The van der Waals surface area contributed by atoms with Gasteiger partial charge in [0.1, 0.15) is 12.4 Å². The van der Waals surface area contributed by atoms with E-state index in [-0.39, 0.29) is 11.6 Å². The fraction of sp³-hybridized carbons (Fsp3) is 0.0800. The monoisotopic (exact) mass is 442 g/mol. The molecule has 32 heavy (non-hydrogen) atoms. The molecule has 4 aromatic rings. The Bertz CT molecular complexity index is 1320. The number of ether oxygens (including phenoxy) is 1. The Morgan fingerprint density at radius 2 is 1.97 bits per heavy atom. The van der Waals surface area contributed by atoms with Gasteiger partial charge < -0.3 is 10.1 Å². The van der Waals surface area contributed by atoms with Crippen LogP contribution in [0.15, 0.2) is 79.0 Å². The molecule has 0 fully saturated rings. The molecule has 158 valence electrons. The number of anilines is 1. The van der Waals surface area contributed by atoms with Crippen molar-refractivity contribution in [1.29, 1.82) is 5.26 Å². The number of carbonyl (C=O) groups is 1. The number of rotatable bonds is 6. The molecule has 0 radical (unpaired) electrons.